The number of carbonyl (C=O) groups excluding carboxylic acids is 1. The zero-order chi connectivity index (χ0) is 20.5. The van der Waals surface area contributed by atoms with E-state index in [9.17, 15) is 9.59 Å². The molecule has 0 atom stereocenters. The van der Waals surface area contributed by atoms with E-state index in [4.69, 9.17) is 16.6 Å². The first-order valence-corrected chi connectivity index (χ1v) is 9.78. The molecule has 1 amide bonds. The predicted octanol–water partition coefficient (Wildman–Crippen LogP) is 4.65. The highest BCUT2D eigenvalue weighted by Crippen LogP contribution is 2.33. The van der Waals surface area contributed by atoms with Crippen LogP contribution in [0.2, 0.25) is 5.02 Å². The third-order valence-corrected chi connectivity index (χ3v) is 5.58. The Labute approximate surface area is 174 Å². The van der Waals surface area contributed by atoms with Crippen LogP contribution in [0.15, 0.2) is 53.3 Å². The number of benzene rings is 2. The largest absolute Gasteiger partial charge is 0.453 e. The lowest BCUT2D eigenvalue weighted by Crippen LogP contribution is -2.21. The molecule has 0 fully saturated rings. The highest BCUT2D eigenvalue weighted by atomic mass is 35.5. The molecule has 1 N–H and O–H groups in total. The number of hydrogen-bond acceptors (Lipinski definition) is 6. The summed E-state index contributed by atoms with van der Waals surface area (Å²) in [5, 5.41) is 3.98. The first-order chi connectivity index (χ1) is 14.0. The number of hydrogen-bond donors (Lipinski definition) is 1. The minimum absolute atomic E-state index is 0.205. The highest BCUT2D eigenvalue weighted by Gasteiger charge is 2.20. The van der Waals surface area contributed by atoms with Crippen molar-refractivity contribution < 1.29 is 9.53 Å². The van der Waals surface area contributed by atoms with E-state index in [0.29, 0.717) is 43.1 Å². The number of anilines is 1. The van der Waals surface area contributed by atoms with Crippen molar-refractivity contribution in [3.8, 4) is 16.4 Å². The van der Waals surface area contributed by atoms with Crippen LogP contribution in [0.1, 0.15) is 5.69 Å². The van der Waals surface area contributed by atoms with Gasteiger partial charge in [-0.3, -0.25) is 14.7 Å². The van der Waals surface area contributed by atoms with Crippen LogP contribution in [0.5, 0.6) is 0 Å². The number of amides is 1. The van der Waals surface area contributed by atoms with Crippen LogP contribution < -0.4 is 10.9 Å². The fourth-order valence-electron chi connectivity index (χ4n) is 2.91. The maximum atomic E-state index is 13.3. The zero-order valence-corrected chi connectivity index (χ0v) is 17.0. The van der Waals surface area contributed by atoms with Gasteiger partial charge in [-0.05, 0) is 43.3 Å². The maximum absolute atomic E-state index is 13.3. The predicted molar refractivity (Wildman–Crippen MR) is 114 cm³/mol. The number of ether oxygens (including phenoxy) is 1. The van der Waals surface area contributed by atoms with Crippen molar-refractivity contribution in [1.82, 2.24) is 14.5 Å². The van der Waals surface area contributed by atoms with Crippen LogP contribution in [0, 0.1) is 6.92 Å². The normalized spacial score (nSPS) is 10.9. The number of carbonyl (C=O) groups is 1. The fourth-order valence-corrected chi connectivity index (χ4v) is 3.97. The fraction of sp³-hybridized carbons (Fsp3) is 0.100. The Morgan fingerprint density at radius 2 is 1.86 bits per heavy atom. The molecule has 7 nitrogen and oxygen atoms in total. The summed E-state index contributed by atoms with van der Waals surface area (Å²) >= 11 is 7.23. The average molecular weight is 427 g/mol. The van der Waals surface area contributed by atoms with Gasteiger partial charge in [0.1, 0.15) is 0 Å². The van der Waals surface area contributed by atoms with Crippen LogP contribution >= 0.6 is 22.9 Å². The first kappa shape index (κ1) is 19.1. The van der Waals surface area contributed by atoms with Crippen LogP contribution in [-0.4, -0.2) is 27.7 Å². The maximum Gasteiger partial charge on any atom is 0.413 e. The van der Waals surface area contributed by atoms with Gasteiger partial charge in [0.05, 0.1) is 34.3 Å². The van der Waals surface area contributed by atoms with Gasteiger partial charge in [0, 0.05) is 5.02 Å². The van der Waals surface area contributed by atoms with E-state index < -0.39 is 6.09 Å². The number of methoxy groups -OCH3 is 1. The molecule has 0 spiro atoms. The second kappa shape index (κ2) is 7.65. The summed E-state index contributed by atoms with van der Waals surface area (Å²) in [5.41, 5.74) is 1.63. The van der Waals surface area contributed by atoms with Crippen LogP contribution in [0.3, 0.4) is 0 Å². The Hall–Kier alpha value is -3.23. The summed E-state index contributed by atoms with van der Waals surface area (Å²) in [6.07, 6.45) is -0.619. The SMILES string of the molecule is COC(=O)Nc1nc(C)c(-c2nc3ccccc3c(=O)n2-c2ccc(Cl)cc2)s1. The Balaban J connectivity index is 1.99. The lowest BCUT2D eigenvalue weighted by Gasteiger charge is -2.13. The zero-order valence-electron chi connectivity index (χ0n) is 15.5. The molecule has 9 heteroatoms. The summed E-state index contributed by atoms with van der Waals surface area (Å²) in [7, 11) is 1.28. The third kappa shape index (κ3) is 3.59. The molecular formula is C20H15ClN4O3S. The molecule has 0 radical (unpaired) electrons. The molecule has 4 rings (SSSR count). The number of rotatable bonds is 3. The molecular weight excluding hydrogens is 412 g/mol. The molecule has 4 aromatic rings. The van der Waals surface area contributed by atoms with Gasteiger partial charge in [-0.2, -0.15) is 0 Å². The number of para-hydroxylation sites is 1. The number of aryl methyl sites for hydroxylation is 1. The van der Waals surface area contributed by atoms with Crippen molar-refractivity contribution in [3.05, 3.63) is 69.6 Å². The van der Waals surface area contributed by atoms with E-state index in [-0.39, 0.29) is 5.56 Å². The van der Waals surface area contributed by atoms with Gasteiger partial charge >= 0.3 is 6.09 Å². The Morgan fingerprint density at radius 1 is 1.14 bits per heavy atom. The number of nitrogens with one attached hydrogen (secondary N) is 1. The molecule has 2 aromatic carbocycles. The van der Waals surface area contributed by atoms with E-state index in [1.165, 1.54) is 23.0 Å². The first-order valence-electron chi connectivity index (χ1n) is 8.58. The van der Waals surface area contributed by atoms with Gasteiger partial charge in [0.2, 0.25) is 0 Å². The van der Waals surface area contributed by atoms with E-state index in [2.05, 4.69) is 15.0 Å². The van der Waals surface area contributed by atoms with Crippen molar-refractivity contribution in [1.29, 1.82) is 0 Å². The van der Waals surface area contributed by atoms with Gasteiger partial charge in [-0.1, -0.05) is 35.1 Å². The molecule has 2 aromatic heterocycles. The van der Waals surface area contributed by atoms with Crippen molar-refractivity contribution >= 4 is 45.1 Å². The molecule has 29 heavy (non-hydrogen) atoms. The lowest BCUT2D eigenvalue weighted by atomic mass is 10.2. The standard InChI is InChI=1S/C20H15ClN4O3S/c1-11-16(29-19(22-11)24-20(27)28-2)17-23-15-6-4-3-5-14(15)18(26)25(17)13-9-7-12(21)8-10-13/h3-10H,1-2H3,(H,22,24,27). The van der Waals surface area contributed by atoms with E-state index in [0.717, 1.165) is 0 Å². The molecule has 0 aliphatic rings. The third-order valence-electron chi connectivity index (χ3n) is 4.25. The number of halogens is 1. The quantitative estimate of drug-likeness (QED) is 0.515. The number of thiazole rings is 1. The molecule has 0 aliphatic heterocycles. The Bertz CT molecular complexity index is 1280. The molecule has 146 valence electrons. The summed E-state index contributed by atoms with van der Waals surface area (Å²) in [6.45, 7) is 1.79. The van der Waals surface area contributed by atoms with Crippen molar-refractivity contribution in [2.75, 3.05) is 12.4 Å². The second-order valence-electron chi connectivity index (χ2n) is 6.12. The van der Waals surface area contributed by atoms with Crippen LogP contribution in [0.25, 0.3) is 27.3 Å². The van der Waals surface area contributed by atoms with Crippen LogP contribution in [-0.2, 0) is 4.74 Å². The molecule has 0 unspecified atom stereocenters. The topological polar surface area (TPSA) is 86.1 Å². The van der Waals surface area contributed by atoms with Gasteiger partial charge in [-0.25, -0.2) is 14.8 Å². The average Bonchev–Trinajstić information content (AvgIpc) is 3.08. The van der Waals surface area contributed by atoms with E-state index in [1.54, 1.807) is 49.4 Å². The van der Waals surface area contributed by atoms with Crippen LogP contribution in [0.4, 0.5) is 9.93 Å². The summed E-state index contributed by atoms with van der Waals surface area (Å²) < 4.78 is 6.15. The van der Waals surface area contributed by atoms with E-state index >= 15 is 0 Å². The van der Waals surface area contributed by atoms with Gasteiger partial charge in [0.25, 0.3) is 5.56 Å². The highest BCUT2D eigenvalue weighted by molar-refractivity contribution is 7.19. The van der Waals surface area contributed by atoms with Gasteiger partial charge < -0.3 is 4.74 Å². The van der Waals surface area contributed by atoms with Crippen molar-refractivity contribution in [2.24, 2.45) is 0 Å². The van der Waals surface area contributed by atoms with Gasteiger partial charge in [0.15, 0.2) is 11.0 Å². The molecule has 0 saturated carbocycles. The molecule has 0 saturated heterocycles. The second-order valence-corrected chi connectivity index (χ2v) is 7.56. The summed E-state index contributed by atoms with van der Waals surface area (Å²) in [4.78, 5) is 34.6. The number of fused-ring (bicyclic) bond motifs is 1. The molecule has 2 heterocycles. The lowest BCUT2D eigenvalue weighted by molar-refractivity contribution is 0.187. The number of nitrogens with zero attached hydrogens (tertiary/aromatic N) is 3. The Kier molecular flexibility index (Phi) is 5.04. The Morgan fingerprint density at radius 3 is 2.59 bits per heavy atom. The summed E-state index contributed by atoms with van der Waals surface area (Å²) in [6, 6.07) is 14.1. The molecule has 0 aliphatic carbocycles. The van der Waals surface area contributed by atoms with Crippen molar-refractivity contribution in [2.45, 2.75) is 6.92 Å². The van der Waals surface area contributed by atoms with Crippen molar-refractivity contribution in [3.63, 3.8) is 0 Å². The smallest absolute Gasteiger partial charge is 0.413 e. The van der Waals surface area contributed by atoms with Gasteiger partial charge in [-0.15, -0.1) is 0 Å². The molecule has 0 bridgehead atoms. The number of aromatic nitrogens is 3. The summed E-state index contributed by atoms with van der Waals surface area (Å²) in [5.74, 6) is 0.434. The minimum atomic E-state index is -0.619. The van der Waals surface area contributed by atoms with E-state index in [1.807, 2.05) is 6.07 Å². The monoisotopic (exact) mass is 426 g/mol. The minimum Gasteiger partial charge on any atom is -0.453 e.